The van der Waals surface area contributed by atoms with Crippen molar-refractivity contribution in [2.45, 2.75) is 65.9 Å². The fraction of sp³-hybridized carbons (Fsp3) is 1.00. The van der Waals surface area contributed by atoms with E-state index in [4.69, 9.17) is 4.74 Å². The van der Waals surface area contributed by atoms with E-state index in [2.05, 4.69) is 27.7 Å². The van der Waals surface area contributed by atoms with Gasteiger partial charge in [-0.25, -0.2) is 0 Å². The zero-order valence-electron chi connectivity index (χ0n) is 10.3. The zero-order valence-corrected chi connectivity index (χ0v) is 10.3. The predicted molar refractivity (Wildman–Crippen MR) is 61.4 cm³/mol. The first-order valence-corrected chi connectivity index (χ1v) is 6.24. The molecule has 1 saturated carbocycles. The van der Waals surface area contributed by atoms with Gasteiger partial charge in [-0.05, 0) is 38.0 Å². The Morgan fingerprint density at radius 2 is 2.00 bits per heavy atom. The van der Waals surface area contributed by atoms with Gasteiger partial charge in [0.2, 0.25) is 0 Å². The quantitative estimate of drug-likeness (QED) is 0.626. The van der Waals surface area contributed by atoms with Crippen molar-refractivity contribution in [3.05, 3.63) is 0 Å². The second-order valence-electron chi connectivity index (χ2n) is 5.11. The van der Waals surface area contributed by atoms with E-state index in [0.29, 0.717) is 11.5 Å². The van der Waals surface area contributed by atoms with E-state index in [-0.39, 0.29) is 0 Å². The van der Waals surface area contributed by atoms with E-state index in [1.165, 1.54) is 32.1 Å². The lowest BCUT2D eigenvalue weighted by Crippen LogP contribution is -2.35. The SMILES string of the molecule is CCOC(C)C(C)(CC)CC1CCC1. The van der Waals surface area contributed by atoms with Gasteiger partial charge in [0, 0.05) is 6.61 Å². The summed E-state index contributed by atoms with van der Waals surface area (Å²) >= 11 is 0. The van der Waals surface area contributed by atoms with Gasteiger partial charge in [0.05, 0.1) is 6.10 Å². The normalized spacial score (nSPS) is 24.0. The standard InChI is InChI=1S/C13H26O/c1-5-13(4,11(3)14-6-2)10-12-8-7-9-12/h11-12H,5-10H2,1-4H3. The van der Waals surface area contributed by atoms with Crippen molar-refractivity contribution < 1.29 is 4.74 Å². The smallest absolute Gasteiger partial charge is 0.0600 e. The molecule has 2 atom stereocenters. The highest BCUT2D eigenvalue weighted by molar-refractivity contribution is 4.85. The number of ether oxygens (including phenoxy) is 1. The molecule has 0 saturated heterocycles. The van der Waals surface area contributed by atoms with Crippen LogP contribution < -0.4 is 0 Å². The van der Waals surface area contributed by atoms with Gasteiger partial charge in [0.1, 0.15) is 0 Å². The van der Waals surface area contributed by atoms with Gasteiger partial charge in [-0.3, -0.25) is 0 Å². The molecule has 1 aliphatic carbocycles. The lowest BCUT2D eigenvalue weighted by Gasteiger charge is -2.40. The van der Waals surface area contributed by atoms with Gasteiger partial charge in [-0.1, -0.05) is 33.1 Å². The Balaban J connectivity index is 2.44. The van der Waals surface area contributed by atoms with Crippen LogP contribution in [0.3, 0.4) is 0 Å². The Morgan fingerprint density at radius 1 is 1.36 bits per heavy atom. The average molecular weight is 198 g/mol. The molecule has 0 aromatic carbocycles. The lowest BCUT2D eigenvalue weighted by molar-refractivity contribution is -0.0352. The number of hydrogen-bond acceptors (Lipinski definition) is 1. The highest BCUT2D eigenvalue weighted by Gasteiger charge is 2.34. The van der Waals surface area contributed by atoms with E-state index in [9.17, 15) is 0 Å². The Bertz CT molecular complexity index is 163. The molecule has 0 spiro atoms. The van der Waals surface area contributed by atoms with Gasteiger partial charge < -0.3 is 4.74 Å². The minimum absolute atomic E-state index is 0.404. The van der Waals surface area contributed by atoms with E-state index < -0.39 is 0 Å². The van der Waals surface area contributed by atoms with Crippen LogP contribution >= 0.6 is 0 Å². The van der Waals surface area contributed by atoms with Crippen LogP contribution in [0.15, 0.2) is 0 Å². The van der Waals surface area contributed by atoms with Crippen LogP contribution in [0, 0.1) is 11.3 Å². The minimum Gasteiger partial charge on any atom is -0.378 e. The number of hydrogen-bond donors (Lipinski definition) is 0. The molecule has 0 heterocycles. The van der Waals surface area contributed by atoms with Crippen molar-refractivity contribution in [1.82, 2.24) is 0 Å². The maximum atomic E-state index is 5.77. The summed E-state index contributed by atoms with van der Waals surface area (Å²) in [5, 5.41) is 0. The fourth-order valence-electron chi connectivity index (χ4n) is 2.41. The van der Waals surface area contributed by atoms with Crippen molar-refractivity contribution in [3.63, 3.8) is 0 Å². The van der Waals surface area contributed by atoms with Crippen molar-refractivity contribution in [1.29, 1.82) is 0 Å². The molecule has 0 aromatic heterocycles. The molecule has 0 radical (unpaired) electrons. The minimum atomic E-state index is 0.404. The van der Waals surface area contributed by atoms with E-state index in [1.54, 1.807) is 0 Å². The second kappa shape index (κ2) is 5.16. The second-order valence-corrected chi connectivity index (χ2v) is 5.11. The summed E-state index contributed by atoms with van der Waals surface area (Å²) in [5.74, 6) is 0.989. The highest BCUT2D eigenvalue weighted by atomic mass is 16.5. The maximum Gasteiger partial charge on any atom is 0.0600 e. The fourth-order valence-corrected chi connectivity index (χ4v) is 2.41. The summed E-state index contributed by atoms with van der Waals surface area (Å²) in [7, 11) is 0. The van der Waals surface area contributed by atoms with Crippen LogP contribution in [-0.2, 0) is 4.74 Å². The first-order valence-electron chi connectivity index (χ1n) is 6.24. The molecular formula is C13H26O. The molecule has 0 N–H and O–H groups in total. The van der Waals surface area contributed by atoms with E-state index in [0.717, 1.165) is 12.5 Å². The van der Waals surface area contributed by atoms with Crippen LogP contribution in [-0.4, -0.2) is 12.7 Å². The van der Waals surface area contributed by atoms with Crippen molar-refractivity contribution in [2.24, 2.45) is 11.3 Å². The largest absolute Gasteiger partial charge is 0.378 e. The summed E-state index contributed by atoms with van der Waals surface area (Å²) in [6, 6.07) is 0. The molecule has 0 amide bonds. The number of rotatable bonds is 6. The first-order chi connectivity index (χ1) is 6.62. The van der Waals surface area contributed by atoms with E-state index in [1.807, 2.05) is 0 Å². The van der Waals surface area contributed by atoms with Gasteiger partial charge in [-0.2, -0.15) is 0 Å². The third kappa shape index (κ3) is 2.73. The van der Waals surface area contributed by atoms with Crippen molar-refractivity contribution in [3.8, 4) is 0 Å². The summed E-state index contributed by atoms with van der Waals surface area (Å²) in [6.07, 6.45) is 7.38. The Morgan fingerprint density at radius 3 is 2.36 bits per heavy atom. The predicted octanol–water partition coefficient (Wildman–Crippen LogP) is 4.02. The molecule has 1 rings (SSSR count). The van der Waals surface area contributed by atoms with Crippen LogP contribution in [0.1, 0.15) is 59.8 Å². The molecule has 2 unspecified atom stereocenters. The average Bonchev–Trinajstić information content (AvgIpc) is 2.11. The third-order valence-electron chi connectivity index (χ3n) is 4.19. The molecule has 0 aliphatic heterocycles. The summed E-state index contributed by atoms with van der Waals surface area (Å²) in [4.78, 5) is 0. The monoisotopic (exact) mass is 198 g/mol. The molecule has 1 nitrogen and oxygen atoms in total. The van der Waals surface area contributed by atoms with Crippen molar-refractivity contribution in [2.75, 3.05) is 6.61 Å². The van der Waals surface area contributed by atoms with E-state index >= 15 is 0 Å². The molecule has 84 valence electrons. The van der Waals surface area contributed by atoms with Gasteiger partial charge >= 0.3 is 0 Å². The van der Waals surface area contributed by atoms with Crippen LogP contribution in [0.5, 0.6) is 0 Å². The Labute approximate surface area is 89.2 Å². The zero-order chi connectivity index (χ0) is 10.6. The Kier molecular flexibility index (Phi) is 4.43. The molecule has 1 aliphatic rings. The molecule has 1 fully saturated rings. The van der Waals surface area contributed by atoms with Crippen LogP contribution in [0.4, 0.5) is 0 Å². The Hall–Kier alpha value is -0.0400. The summed E-state index contributed by atoms with van der Waals surface area (Å²) in [5.41, 5.74) is 0.404. The van der Waals surface area contributed by atoms with Gasteiger partial charge in [0.15, 0.2) is 0 Å². The molecule has 0 bridgehead atoms. The highest BCUT2D eigenvalue weighted by Crippen LogP contribution is 2.42. The van der Waals surface area contributed by atoms with Crippen LogP contribution in [0.2, 0.25) is 0 Å². The molecule has 1 heteroatoms. The summed E-state index contributed by atoms with van der Waals surface area (Å²) < 4.78 is 5.77. The van der Waals surface area contributed by atoms with Gasteiger partial charge in [-0.15, -0.1) is 0 Å². The lowest BCUT2D eigenvalue weighted by atomic mass is 9.69. The third-order valence-corrected chi connectivity index (χ3v) is 4.19. The first kappa shape index (κ1) is 12.0. The molecule has 14 heavy (non-hydrogen) atoms. The molecule has 0 aromatic rings. The van der Waals surface area contributed by atoms with Crippen molar-refractivity contribution >= 4 is 0 Å². The molecular weight excluding hydrogens is 172 g/mol. The topological polar surface area (TPSA) is 9.23 Å². The van der Waals surface area contributed by atoms with Gasteiger partial charge in [0.25, 0.3) is 0 Å². The maximum absolute atomic E-state index is 5.77. The summed E-state index contributed by atoms with van der Waals surface area (Å²) in [6.45, 7) is 9.88. The van der Waals surface area contributed by atoms with Crippen LogP contribution in [0.25, 0.3) is 0 Å².